The van der Waals surface area contributed by atoms with Crippen LogP contribution in [0.15, 0.2) is 36.4 Å². The van der Waals surface area contributed by atoms with E-state index in [-0.39, 0.29) is 11.9 Å². The van der Waals surface area contributed by atoms with E-state index >= 15 is 0 Å². The summed E-state index contributed by atoms with van der Waals surface area (Å²) in [6, 6.07) is 7.43. The van der Waals surface area contributed by atoms with Crippen LogP contribution in [0.2, 0.25) is 0 Å². The first-order chi connectivity index (χ1) is 10.9. The van der Waals surface area contributed by atoms with Crippen molar-refractivity contribution in [3.63, 3.8) is 0 Å². The average Bonchev–Trinajstić information content (AvgIpc) is 2.40. The molecule has 0 fully saturated rings. The van der Waals surface area contributed by atoms with Gasteiger partial charge >= 0.3 is 11.9 Å². The molecule has 0 heterocycles. The van der Waals surface area contributed by atoms with E-state index in [0.29, 0.717) is 0 Å². The van der Waals surface area contributed by atoms with Crippen molar-refractivity contribution in [1.82, 2.24) is 0 Å². The summed E-state index contributed by atoms with van der Waals surface area (Å²) < 4.78 is 10.4. The molecule has 0 spiro atoms. The number of rotatable bonds is 4. The van der Waals surface area contributed by atoms with Crippen molar-refractivity contribution in [2.45, 2.75) is 52.7 Å². The molecule has 0 amide bonds. The van der Waals surface area contributed by atoms with E-state index in [1.165, 1.54) is 12.2 Å². The topological polar surface area (TPSA) is 52.6 Å². The Bertz CT molecular complexity index is 566. The molecule has 1 aromatic rings. The van der Waals surface area contributed by atoms with Gasteiger partial charge in [0.15, 0.2) is 0 Å². The molecule has 4 nitrogen and oxygen atoms in total. The Morgan fingerprint density at radius 2 is 1.00 bits per heavy atom. The minimum Gasteiger partial charge on any atom is -0.457 e. The smallest absolute Gasteiger partial charge is 0.331 e. The predicted molar refractivity (Wildman–Crippen MR) is 96.2 cm³/mol. The van der Waals surface area contributed by atoms with E-state index in [1.807, 2.05) is 65.8 Å². The fourth-order valence-corrected chi connectivity index (χ4v) is 1.72. The van der Waals surface area contributed by atoms with Gasteiger partial charge in [-0.05, 0) is 64.8 Å². The van der Waals surface area contributed by atoms with Crippen LogP contribution < -0.4 is 0 Å². The first-order valence-corrected chi connectivity index (χ1v) is 7.87. The summed E-state index contributed by atoms with van der Waals surface area (Å²) >= 11 is 0. The van der Waals surface area contributed by atoms with Crippen LogP contribution in [-0.4, -0.2) is 23.1 Å². The molecular weight excluding hydrogens is 304 g/mol. The molecule has 0 saturated heterocycles. The van der Waals surface area contributed by atoms with E-state index in [0.717, 1.165) is 11.1 Å². The average molecular weight is 330 g/mol. The zero-order valence-corrected chi connectivity index (χ0v) is 15.3. The van der Waals surface area contributed by atoms with Crippen LogP contribution in [0, 0.1) is 0 Å². The maximum Gasteiger partial charge on any atom is 0.331 e. The van der Waals surface area contributed by atoms with Gasteiger partial charge in [-0.25, -0.2) is 9.59 Å². The normalized spacial score (nSPS) is 12.6. The number of ether oxygens (including phenoxy) is 2. The fraction of sp³-hybridized carbons (Fsp3) is 0.400. The largest absolute Gasteiger partial charge is 0.457 e. The van der Waals surface area contributed by atoms with E-state index in [9.17, 15) is 9.59 Å². The number of esters is 2. The highest BCUT2D eigenvalue weighted by atomic mass is 16.6. The van der Waals surface area contributed by atoms with Crippen molar-refractivity contribution in [3.05, 3.63) is 47.5 Å². The molecule has 0 aliphatic heterocycles. The van der Waals surface area contributed by atoms with E-state index in [1.54, 1.807) is 12.2 Å². The third kappa shape index (κ3) is 8.93. The van der Waals surface area contributed by atoms with Crippen LogP contribution in [0.3, 0.4) is 0 Å². The monoisotopic (exact) mass is 330 g/mol. The Kier molecular flexibility index (Phi) is 6.52. The Morgan fingerprint density at radius 1 is 0.708 bits per heavy atom. The second kappa shape index (κ2) is 7.95. The Hall–Kier alpha value is -2.36. The molecule has 0 atom stereocenters. The van der Waals surface area contributed by atoms with Gasteiger partial charge < -0.3 is 9.47 Å². The Labute approximate surface area is 144 Å². The van der Waals surface area contributed by atoms with Crippen molar-refractivity contribution < 1.29 is 19.1 Å². The Morgan fingerprint density at radius 3 is 1.25 bits per heavy atom. The summed E-state index contributed by atoms with van der Waals surface area (Å²) in [4.78, 5) is 23.2. The number of hydrogen-bond donors (Lipinski definition) is 0. The molecule has 1 aromatic carbocycles. The fourth-order valence-electron chi connectivity index (χ4n) is 1.72. The van der Waals surface area contributed by atoms with Gasteiger partial charge in [-0.3, -0.25) is 0 Å². The van der Waals surface area contributed by atoms with E-state index in [2.05, 4.69) is 0 Å². The lowest BCUT2D eigenvalue weighted by Crippen LogP contribution is -2.22. The van der Waals surface area contributed by atoms with Crippen LogP contribution in [0.4, 0.5) is 0 Å². The summed E-state index contributed by atoms with van der Waals surface area (Å²) in [6.07, 6.45) is 6.18. The lowest BCUT2D eigenvalue weighted by Gasteiger charge is -2.18. The third-order valence-electron chi connectivity index (χ3n) is 2.57. The van der Waals surface area contributed by atoms with Gasteiger partial charge in [0.2, 0.25) is 0 Å². The SMILES string of the molecule is CC(C)(C)OC(=O)/C=C/c1ccc(/C=C/C(=O)OC(C)(C)C)cc1. The Balaban J connectivity index is 2.63. The minimum absolute atomic E-state index is 0.378. The summed E-state index contributed by atoms with van der Waals surface area (Å²) in [5.74, 6) is -0.757. The highest BCUT2D eigenvalue weighted by molar-refractivity contribution is 5.88. The number of carbonyl (C=O) groups is 2. The van der Waals surface area contributed by atoms with Crippen LogP contribution in [-0.2, 0) is 19.1 Å². The maximum absolute atomic E-state index is 11.6. The number of hydrogen-bond acceptors (Lipinski definition) is 4. The van der Waals surface area contributed by atoms with Crippen molar-refractivity contribution in [1.29, 1.82) is 0 Å². The van der Waals surface area contributed by atoms with E-state index < -0.39 is 11.2 Å². The zero-order chi connectivity index (χ0) is 18.4. The zero-order valence-electron chi connectivity index (χ0n) is 15.3. The molecular formula is C20H26O4. The lowest BCUT2D eigenvalue weighted by molar-refractivity contribution is -0.149. The summed E-state index contributed by atoms with van der Waals surface area (Å²) in [7, 11) is 0. The first kappa shape index (κ1) is 19.7. The van der Waals surface area contributed by atoms with Crippen LogP contribution in [0.1, 0.15) is 52.7 Å². The molecule has 130 valence electrons. The van der Waals surface area contributed by atoms with Gasteiger partial charge in [-0.15, -0.1) is 0 Å². The number of benzene rings is 1. The molecule has 0 unspecified atom stereocenters. The van der Waals surface area contributed by atoms with Crippen molar-refractivity contribution in [2.75, 3.05) is 0 Å². The summed E-state index contributed by atoms with van der Waals surface area (Å²) in [6.45, 7) is 10.9. The van der Waals surface area contributed by atoms with Gasteiger partial charge in [0.1, 0.15) is 11.2 Å². The predicted octanol–water partition coefficient (Wildman–Crippen LogP) is 4.40. The van der Waals surface area contributed by atoms with Gasteiger partial charge in [0.25, 0.3) is 0 Å². The molecule has 0 bridgehead atoms. The van der Waals surface area contributed by atoms with Crippen molar-refractivity contribution in [3.8, 4) is 0 Å². The van der Waals surface area contributed by atoms with Crippen molar-refractivity contribution >= 4 is 24.1 Å². The van der Waals surface area contributed by atoms with Crippen LogP contribution in [0.5, 0.6) is 0 Å². The third-order valence-corrected chi connectivity index (χ3v) is 2.57. The van der Waals surface area contributed by atoms with Crippen molar-refractivity contribution in [2.24, 2.45) is 0 Å². The molecule has 0 aliphatic rings. The molecule has 0 radical (unpaired) electrons. The molecule has 0 N–H and O–H groups in total. The lowest BCUT2D eigenvalue weighted by atomic mass is 10.1. The van der Waals surface area contributed by atoms with Gasteiger partial charge in [-0.2, -0.15) is 0 Å². The highest BCUT2D eigenvalue weighted by Gasteiger charge is 2.14. The minimum atomic E-state index is -0.502. The molecule has 24 heavy (non-hydrogen) atoms. The van der Waals surface area contributed by atoms with Gasteiger partial charge in [0.05, 0.1) is 0 Å². The number of carbonyl (C=O) groups excluding carboxylic acids is 2. The van der Waals surface area contributed by atoms with E-state index in [4.69, 9.17) is 9.47 Å². The van der Waals surface area contributed by atoms with Crippen LogP contribution in [0.25, 0.3) is 12.2 Å². The second-order valence-electron chi connectivity index (χ2n) is 7.40. The molecule has 4 heteroatoms. The summed E-state index contributed by atoms with van der Waals surface area (Å²) in [5, 5.41) is 0. The highest BCUT2D eigenvalue weighted by Crippen LogP contribution is 2.12. The molecule has 1 rings (SSSR count). The van der Waals surface area contributed by atoms with Gasteiger partial charge in [0, 0.05) is 12.2 Å². The first-order valence-electron chi connectivity index (χ1n) is 7.87. The maximum atomic E-state index is 11.6. The molecule has 0 saturated carbocycles. The van der Waals surface area contributed by atoms with Crippen LogP contribution >= 0.6 is 0 Å². The standard InChI is InChI=1S/C20H26O4/c1-19(2,3)23-17(21)13-11-15-7-9-16(10-8-15)12-14-18(22)24-20(4,5)6/h7-14H,1-6H3/b13-11+,14-12+. The van der Waals surface area contributed by atoms with Gasteiger partial charge in [-0.1, -0.05) is 24.3 Å². The molecule has 0 aromatic heterocycles. The second-order valence-corrected chi connectivity index (χ2v) is 7.40. The summed E-state index contributed by atoms with van der Waals surface area (Å²) in [5.41, 5.74) is 0.737. The molecule has 0 aliphatic carbocycles. The quantitative estimate of drug-likeness (QED) is 0.606.